The number of nitrogens with zero attached hydrogens (tertiary/aromatic N) is 2. The molecule has 1 atom stereocenters. The fraction of sp³-hybridized carbons (Fsp3) is 0.800. The molecule has 0 aliphatic carbocycles. The molecule has 0 saturated heterocycles. The first-order chi connectivity index (χ1) is 6.65. The number of nitrogens with one attached hydrogen (secondary N) is 1. The van der Waals surface area contributed by atoms with Gasteiger partial charge in [0.25, 0.3) is 0 Å². The Balaban J connectivity index is 2.57. The van der Waals surface area contributed by atoms with E-state index in [-0.39, 0.29) is 6.04 Å². The van der Waals surface area contributed by atoms with Crippen LogP contribution in [0.1, 0.15) is 63.6 Å². The fourth-order valence-corrected chi connectivity index (χ4v) is 1.27. The van der Waals surface area contributed by atoms with Gasteiger partial charge in [-0.05, 0) is 6.42 Å². The lowest BCUT2D eigenvalue weighted by molar-refractivity contribution is 0.576. The number of aromatic amines is 1. The Morgan fingerprint density at radius 2 is 2.14 bits per heavy atom. The Morgan fingerprint density at radius 1 is 1.43 bits per heavy atom. The van der Waals surface area contributed by atoms with Gasteiger partial charge < -0.3 is 5.73 Å². The van der Waals surface area contributed by atoms with Crippen molar-refractivity contribution in [2.45, 2.75) is 52.0 Å². The molecule has 0 amide bonds. The van der Waals surface area contributed by atoms with E-state index in [1.807, 2.05) is 0 Å². The summed E-state index contributed by atoms with van der Waals surface area (Å²) in [4.78, 5) is 4.37. The van der Waals surface area contributed by atoms with Gasteiger partial charge in [0.15, 0.2) is 5.82 Å². The minimum Gasteiger partial charge on any atom is -0.321 e. The minimum absolute atomic E-state index is 0.00921. The second kappa shape index (κ2) is 5.10. The summed E-state index contributed by atoms with van der Waals surface area (Å²) in [5.74, 6) is 2.03. The predicted molar refractivity (Wildman–Crippen MR) is 56.9 cm³/mol. The summed E-state index contributed by atoms with van der Waals surface area (Å²) in [5.41, 5.74) is 5.96. The lowest BCUT2D eigenvalue weighted by atomic mass is 10.1. The Hall–Kier alpha value is -0.900. The Kier molecular flexibility index (Phi) is 4.07. The number of aromatic nitrogens is 3. The second-order valence-electron chi connectivity index (χ2n) is 3.98. The third-order valence-electron chi connectivity index (χ3n) is 2.26. The molecule has 0 fully saturated rings. The van der Waals surface area contributed by atoms with Gasteiger partial charge in [-0.2, -0.15) is 5.10 Å². The van der Waals surface area contributed by atoms with Gasteiger partial charge in [0, 0.05) is 5.92 Å². The molecule has 14 heavy (non-hydrogen) atoms. The predicted octanol–water partition coefficient (Wildman–Crippen LogP) is 2.12. The molecule has 0 unspecified atom stereocenters. The van der Waals surface area contributed by atoms with Gasteiger partial charge in [0.2, 0.25) is 0 Å². The number of hydrogen-bond acceptors (Lipinski definition) is 3. The third-order valence-corrected chi connectivity index (χ3v) is 2.26. The van der Waals surface area contributed by atoms with Crippen LogP contribution in [0.2, 0.25) is 0 Å². The van der Waals surface area contributed by atoms with Gasteiger partial charge in [0.05, 0.1) is 6.04 Å². The average molecular weight is 196 g/mol. The van der Waals surface area contributed by atoms with Gasteiger partial charge in [-0.25, -0.2) is 4.98 Å². The first kappa shape index (κ1) is 11.2. The molecule has 0 saturated carbocycles. The van der Waals surface area contributed by atoms with E-state index >= 15 is 0 Å². The molecule has 0 aromatic carbocycles. The summed E-state index contributed by atoms with van der Waals surface area (Å²) < 4.78 is 0. The highest BCUT2D eigenvalue weighted by Gasteiger charge is 2.12. The van der Waals surface area contributed by atoms with Gasteiger partial charge in [-0.15, -0.1) is 0 Å². The average Bonchev–Trinajstić information content (AvgIpc) is 2.62. The highest BCUT2D eigenvalue weighted by Crippen LogP contribution is 2.15. The molecule has 0 radical (unpaired) electrons. The van der Waals surface area contributed by atoms with Crippen LogP contribution in [-0.4, -0.2) is 15.2 Å². The molecule has 0 spiro atoms. The van der Waals surface area contributed by atoms with Crippen LogP contribution in [0.3, 0.4) is 0 Å². The van der Waals surface area contributed by atoms with E-state index in [9.17, 15) is 0 Å². The minimum atomic E-state index is 0.00921. The van der Waals surface area contributed by atoms with Gasteiger partial charge >= 0.3 is 0 Å². The van der Waals surface area contributed by atoms with Crippen LogP contribution in [0.5, 0.6) is 0 Å². The van der Waals surface area contributed by atoms with E-state index in [4.69, 9.17) is 5.73 Å². The summed E-state index contributed by atoms with van der Waals surface area (Å²) in [5, 5.41) is 7.04. The van der Waals surface area contributed by atoms with Crippen molar-refractivity contribution in [3.8, 4) is 0 Å². The molecule has 80 valence electrons. The van der Waals surface area contributed by atoms with Crippen molar-refractivity contribution in [2.24, 2.45) is 5.73 Å². The summed E-state index contributed by atoms with van der Waals surface area (Å²) in [6, 6.07) is 0.00921. The summed E-state index contributed by atoms with van der Waals surface area (Å²) in [7, 11) is 0. The largest absolute Gasteiger partial charge is 0.321 e. The zero-order chi connectivity index (χ0) is 10.6. The molecule has 0 aliphatic heterocycles. The smallest absolute Gasteiger partial charge is 0.153 e. The molecule has 1 rings (SSSR count). The normalized spacial score (nSPS) is 13.5. The Bertz CT molecular complexity index is 267. The van der Waals surface area contributed by atoms with E-state index in [0.717, 1.165) is 24.5 Å². The van der Waals surface area contributed by atoms with Crippen LogP contribution in [0, 0.1) is 0 Å². The fourth-order valence-electron chi connectivity index (χ4n) is 1.27. The lowest BCUT2D eigenvalue weighted by Gasteiger charge is -2.05. The van der Waals surface area contributed by atoms with Crippen molar-refractivity contribution < 1.29 is 0 Å². The van der Waals surface area contributed by atoms with Crippen molar-refractivity contribution >= 4 is 0 Å². The quantitative estimate of drug-likeness (QED) is 0.758. The monoisotopic (exact) mass is 196 g/mol. The van der Waals surface area contributed by atoms with E-state index in [1.54, 1.807) is 0 Å². The molecule has 4 nitrogen and oxygen atoms in total. The Labute approximate surface area is 85.3 Å². The lowest BCUT2D eigenvalue weighted by Crippen LogP contribution is -2.12. The molecular formula is C10H20N4. The highest BCUT2D eigenvalue weighted by molar-refractivity contribution is 4.98. The molecule has 3 N–H and O–H groups in total. The van der Waals surface area contributed by atoms with E-state index in [0.29, 0.717) is 5.92 Å². The maximum absolute atomic E-state index is 5.96. The van der Waals surface area contributed by atoms with Gasteiger partial charge in [-0.3, -0.25) is 5.10 Å². The van der Waals surface area contributed by atoms with Crippen LogP contribution in [0.15, 0.2) is 0 Å². The molecular weight excluding hydrogens is 176 g/mol. The summed E-state index contributed by atoms with van der Waals surface area (Å²) in [6.45, 7) is 6.31. The maximum atomic E-state index is 5.96. The topological polar surface area (TPSA) is 67.6 Å². The number of nitrogens with two attached hydrogens (primary N) is 1. The van der Waals surface area contributed by atoms with Crippen LogP contribution in [-0.2, 0) is 0 Å². The summed E-state index contributed by atoms with van der Waals surface area (Å²) >= 11 is 0. The van der Waals surface area contributed by atoms with Crippen molar-refractivity contribution in [2.75, 3.05) is 0 Å². The first-order valence-corrected chi connectivity index (χ1v) is 5.33. The number of hydrogen-bond donors (Lipinski definition) is 2. The summed E-state index contributed by atoms with van der Waals surface area (Å²) in [6.07, 6.45) is 3.28. The van der Waals surface area contributed by atoms with Crippen LogP contribution in [0.25, 0.3) is 0 Å². The van der Waals surface area contributed by atoms with Crippen molar-refractivity contribution in [3.05, 3.63) is 11.6 Å². The van der Waals surface area contributed by atoms with Crippen LogP contribution >= 0.6 is 0 Å². The zero-order valence-electron chi connectivity index (χ0n) is 9.25. The van der Waals surface area contributed by atoms with Gasteiger partial charge in [-0.1, -0.05) is 33.6 Å². The maximum Gasteiger partial charge on any atom is 0.153 e. The molecule has 1 aromatic heterocycles. The number of rotatable bonds is 5. The first-order valence-electron chi connectivity index (χ1n) is 5.33. The number of H-pyrrole nitrogens is 1. The Morgan fingerprint density at radius 3 is 2.64 bits per heavy atom. The molecule has 1 aromatic rings. The van der Waals surface area contributed by atoms with Crippen LogP contribution < -0.4 is 5.73 Å². The van der Waals surface area contributed by atoms with Crippen molar-refractivity contribution in [1.82, 2.24) is 15.2 Å². The highest BCUT2D eigenvalue weighted by atomic mass is 15.2. The van der Waals surface area contributed by atoms with Crippen molar-refractivity contribution in [3.63, 3.8) is 0 Å². The van der Waals surface area contributed by atoms with E-state index < -0.39 is 0 Å². The van der Waals surface area contributed by atoms with E-state index in [1.165, 1.54) is 6.42 Å². The molecule has 4 heteroatoms. The molecule has 0 aliphatic rings. The second-order valence-corrected chi connectivity index (χ2v) is 3.98. The van der Waals surface area contributed by atoms with Gasteiger partial charge in [0.1, 0.15) is 5.82 Å². The molecule has 0 bridgehead atoms. The molecule has 1 heterocycles. The number of unbranched alkanes of at least 4 members (excludes halogenated alkanes) is 1. The standard InChI is InChI=1S/C10H20N4/c1-4-5-6-8(11)10-12-9(7(2)3)13-14-10/h7-8H,4-6,11H2,1-3H3,(H,12,13,14)/t8-/m0/s1. The SMILES string of the molecule is CCCC[C@H](N)c1nc(C(C)C)n[nH]1. The van der Waals surface area contributed by atoms with Crippen molar-refractivity contribution in [1.29, 1.82) is 0 Å². The third kappa shape index (κ3) is 2.80. The zero-order valence-corrected chi connectivity index (χ0v) is 9.25. The van der Waals surface area contributed by atoms with Crippen LogP contribution in [0.4, 0.5) is 0 Å². The van der Waals surface area contributed by atoms with E-state index in [2.05, 4.69) is 36.0 Å².